The molecule has 1 aromatic rings. The Morgan fingerprint density at radius 3 is 2.29 bits per heavy atom. The van der Waals surface area contributed by atoms with Crippen LogP contribution in [0, 0.1) is 5.82 Å². The monoisotopic (exact) mass is 335 g/mol. The molecule has 0 atom stereocenters. The third kappa shape index (κ3) is 3.08. The summed E-state index contributed by atoms with van der Waals surface area (Å²) in [6, 6.07) is 4.34. The van der Waals surface area contributed by atoms with Gasteiger partial charge in [-0.15, -0.1) is 0 Å². The largest absolute Gasteiger partial charge is 0.497 e. The van der Waals surface area contributed by atoms with Crippen molar-refractivity contribution in [3.05, 3.63) is 29.6 Å². The second-order valence-electron chi connectivity index (χ2n) is 7.23. The van der Waals surface area contributed by atoms with E-state index in [1.54, 1.807) is 4.90 Å². The van der Waals surface area contributed by atoms with Gasteiger partial charge >= 0.3 is 7.12 Å². The summed E-state index contributed by atoms with van der Waals surface area (Å²) in [4.78, 5) is 14.3. The molecule has 0 unspecified atom stereocenters. The highest BCUT2D eigenvalue weighted by Gasteiger charge is 2.52. The van der Waals surface area contributed by atoms with Crippen LogP contribution >= 0.6 is 0 Å². The van der Waals surface area contributed by atoms with Crippen molar-refractivity contribution < 1.29 is 23.2 Å². The average molecular weight is 335 g/mol. The molecule has 2 aliphatic heterocycles. The molecule has 0 radical (unpaired) electrons. The Morgan fingerprint density at radius 1 is 1.12 bits per heavy atom. The standard InChI is InChI=1S/C17H23BFNO4/c1-16(2)17(3,4)24-18(23-16)13-11-12(5-6-14(13)19)15(21)20-7-9-22-10-8-20/h5-6,11H,7-10H2,1-4H3. The second kappa shape index (κ2) is 6.13. The lowest BCUT2D eigenvalue weighted by Gasteiger charge is -2.32. The van der Waals surface area contributed by atoms with Crippen LogP contribution in [0.1, 0.15) is 38.1 Å². The molecule has 0 bridgehead atoms. The van der Waals surface area contributed by atoms with Crippen molar-refractivity contribution in [1.29, 1.82) is 0 Å². The molecule has 0 N–H and O–H groups in total. The van der Waals surface area contributed by atoms with Gasteiger partial charge < -0.3 is 18.9 Å². The molecule has 0 aliphatic carbocycles. The van der Waals surface area contributed by atoms with Gasteiger partial charge in [0.1, 0.15) is 5.82 Å². The number of carbonyl (C=O) groups is 1. The molecule has 130 valence electrons. The summed E-state index contributed by atoms with van der Waals surface area (Å²) in [5.41, 5.74) is -0.432. The lowest BCUT2D eigenvalue weighted by Crippen LogP contribution is -2.42. The number of benzene rings is 1. The Hall–Kier alpha value is -1.44. The molecule has 0 saturated carbocycles. The number of amides is 1. The highest BCUT2D eigenvalue weighted by atomic mass is 19.1. The summed E-state index contributed by atoms with van der Waals surface area (Å²) in [7, 11) is -0.826. The number of ether oxygens (including phenoxy) is 1. The van der Waals surface area contributed by atoms with Gasteiger partial charge in [0.15, 0.2) is 0 Å². The summed E-state index contributed by atoms with van der Waals surface area (Å²) < 4.78 is 31.4. The van der Waals surface area contributed by atoms with Gasteiger partial charge in [-0.05, 0) is 45.9 Å². The van der Waals surface area contributed by atoms with Crippen LogP contribution in [-0.4, -0.2) is 55.4 Å². The van der Waals surface area contributed by atoms with Crippen LogP contribution in [0.5, 0.6) is 0 Å². The van der Waals surface area contributed by atoms with Gasteiger partial charge in [0.25, 0.3) is 5.91 Å². The molecule has 3 rings (SSSR count). The van der Waals surface area contributed by atoms with Crippen molar-refractivity contribution >= 4 is 18.5 Å². The Balaban J connectivity index is 1.86. The van der Waals surface area contributed by atoms with Gasteiger partial charge in [0.2, 0.25) is 0 Å². The van der Waals surface area contributed by atoms with Crippen LogP contribution in [0.15, 0.2) is 18.2 Å². The van der Waals surface area contributed by atoms with Gasteiger partial charge in [-0.25, -0.2) is 4.39 Å². The van der Waals surface area contributed by atoms with Crippen molar-refractivity contribution in [2.45, 2.75) is 38.9 Å². The first-order valence-corrected chi connectivity index (χ1v) is 8.23. The van der Waals surface area contributed by atoms with E-state index in [-0.39, 0.29) is 11.4 Å². The van der Waals surface area contributed by atoms with Gasteiger partial charge in [-0.3, -0.25) is 4.79 Å². The summed E-state index contributed by atoms with van der Waals surface area (Å²) in [6.45, 7) is 9.78. The van der Waals surface area contributed by atoms with E-state index in [1.165, 1.54) is 18.2 Å². The molecule has 7 heteroatoms. The lowest BCUT2D eigenvalue weighted by molar-refractivity contribution is 0.00578. The van der Waals surface area contributed by atoms with Gasteiger partial charge in [0.05, 0.1) is 24.4 Å². The normalized spacial score (nSPS) is 22.7. The molecule has 2 aliphatic rings. The number of rotatable bonds is 2. The Bertz CT molecular complexity index is 627. The van der Waals surface area contributed by atoms with Crippen LogP contribution in [0.4, 0.5) is 4.39 Å². The fourth-order valence-electron chi connectivity index (χ4n) is 2.78. The van der Waals surface area contributed by atoms with E-state index >= 15 is 0 Å². The molecular formula is C17H23BFNO4. The van der Waals surface area contributed by atoms with Crippen molar-refractivity contribution in [2.75, 3.05) is 26.3 Å². The Morgan fingerprint density at radius 2 is 1.71 bits per heavy atom. The van der Waals surface area contributed by atoms with Crippen LogP contribution in [0.2, 0.25) is 0 Å². The lowest BCUT2D eigenvalue weighted by atomic mass is 9.78. The fraction of sp³-hybridized carbons (Fsp3) is 0.588. The average Bonchev–Trinajstić information content (AvgIpc) is 2.76. The van der Waals surface area contributed by atoms with E-state index in [0.717, 1.165) is 0 Å². The van der Waals surface area contributed by atoms with E-state index in [9.17, 15) is 9.18 Å². The molecular weight excluding hydrogens is 312 g/mol. The maximum absolute atomic E-state index is 14.3. The number of hydrogen-bond acceptors (Lipinski definition) is 4. The van der Waals surface area contributed by atoms with Gasteiger partial charge in [-0.1, -0.05) is 0 Å². The number of carbonyl (C=O) groups excluding carboxylic acids is 1. The van der Waals surface area contributed by atoms with Crippen LogP contribution in [-0.2, 0) is 14.0 Å². The van der Waals surface area contributed by atoms with Crippen molar-refractivity contribution in [3.8, 4) is 0 Å². The molecule has 0 spiro atoms. The van der Waals surface area contributed by atoms with Crippen LogP contribution < -0.4 is 5.46 Å². The number of hydrogen-bond donors (Lipinski definition) is 0. The summed E-state index contributed by atoms with van der Waals surface area (Å²) in [5, 5.41) is 0. The SMILES string of the molecule is CC1(C)OB(c2cc(C(=O)N3CCOCC3)ccc2F)OC1(C)C. The zero-order valence-electron chi connectivity index (χ0n) is 14.6. The second-order valence-corrected chi connectivity index (χ2v) is 7.23. The molecule has 24 heavy (non-hydrogen) atoms. The first-order valence-electron chi connectivity index (χ1n) is 8.23. The molecule has 1 aromatic carbocycles. The van der Waals surface area contributed by atoms with Crippen LogP contribution in [0.25, 0.3) is 0 Å². The molecule has 5 nitrogen and oxygen atoms in total. The first-order chi connectivity index (χ1) is 11.2. The summed E-state index contributed by atoms with van der Waals surface area (Å²) in [5.74, 6) is -0.567. The minimum absolute atomic E-state index is 0.129. The molecule has 2 heterocycles. The molecule has 2 saturated heterocycles. The fourth-order valence-corrected chi connectivity index (χ4v) is 2.78. The zero-order chi connectivity index (χ0) is 17.5. The third-order valence-corrected chi connectivity index (χ3v) is 5.05. The summed E-state index contributed by atoms with van der Waals surface area (Å²) in [6.07, 6.45) is 0. The zero-order valence-corrected chi connectivity index (χ0v) is 14.6. The first kappa shape index (κ1) is 17.4. The predicted molar refractivity (Wildman–Crippen MR) is 88.8 cm³/mol. The maximum Gasteiger partial charge on any atom is 0.497 e. The van der Waals surface area contributed by atoms with Crippen molar-refractivity contribution in [1.82, 2.24) is 4.90 Å². The molecule has 0 aromatic heterocycles. The number of nitrogens with zero attached hydrogens (tertiary/aromatic N) is 1. The van der Waals surface area contributed by atoms with E-state index < -0.39 is 24.1 Å². The number of morpholine rings is 1. The van der Waals surface area contributed by atoms with E-state index in [0.29, 0.717) is 31.9 Å². The number of halogens is 1. The van der Waals surface area contributed by atoms with E-state index in [2.05, 4.69) is 0 Å². The Kier molecular flexibility index (Phi) is 4.44. The third-order valence-electron chi connectivity index (χ3n) is 5.05. The highest BCUT2D eigenvalue weighted by Crippen LogP contribution is 2.36. The smallest absolute Gasteiger partial charge is 0.399 e. The summed E-state index contributed by atoms with van der Waals surface area (Å²) >= 11 is 0. The molecule has 2 fully saturated rings. The van der Waals surface area contributed by atoms with E-state index in [1.807, 2.05) is 27.7 Å². The van der Waals surface area contributed by atoms with Gasteiger partial charge in [-0.2, -0.15) is 0 Å². The van der Waals surface area contributed by atoms with Crippen LogP contribution in [0.3, 0.4) is 0 Å². The molecule has 1 amide bonds. The van der Waals surface area contributed by atoms with Gasteiger partial charge in [0, 0.05) is 24.1 Å². The van der Waals surface area contributed by atoms with Crippen molar-refractivity contribution in [2.24, 2.45) is 0 Å². The Labute approximate surface area is 142 Å². The topological polar surface area (TPSA) is 48.0 Å². The minimum Gasteiger partial charge on any atom is -0.399 e. The van der Waals surface area contributed by atoms with E-state index in [4.69, 9.17) is 14.0 Å². The minimum atomic E-state index is -0.826. The predicted octanol–water partition coefficient (Wildman–Crippen LogP) is 1.60. The quantitative estimate of drug-likeness (QED) is 0.771. The maximum atomic E-state index is 14.3. The van der Waals surface area contributed by atoms with Crippen molar-refractivity contribution in [3.63, 3.8) is 0 Å². The highest BCUT2D eigenvalue weighted by molar-refractivity contribution is 6.62.